The van der Waals surface area contributed by atoms with Crippen molar-refractivity contribution in [2.75, 3.05) is 45.9 Å². The summed E-state index contributed by atoms with van der Waals surface area (Å²) in [5, 5.41) is 9.87. The van der Waals surface area contributed by atoms with Gasteiger partial charge < -0.3 is 15.4 Å². The fraction of sp³-hybridized carbons (Fsp3) is 0.500. The number of rotatable bonds is 8. The van der Waals surface area contributed by atoms with E-state index in [-0.39, 0.29) is 0 Å². The van der Waals surface area contributed by atoms with Crippen LogP contribution in [0.15, 0.2) is 40.7 Å². The molecule has 27 heavy (non-hydrogen) atoms. The molecule has 146 valence electrons. The van der Waals surface area contributed by atoms with Gasteiger partial charge in [0.2, 0.25) is 0 Å². The SMILES string of the molecule is CCNC(=NCc1csc(-c2ccccc2)n1)NCCCN1CCOCC1. The quantitative estimate of drug-likeness (QED) is 0.414. The van der Waals surface area contributed by atoms with Crippen molar-refractivity contribution in [3.8, 4) is 10.6 Å². The van der Waals surface area contributed by atoms with Gasteiger partial charge in [-0.15, -0.1) is 11.3 Å². The van der Waals surface area contributed by atoms with Gasteiger partial charge in [0.1, 0.15) is 5.01 Å². The first-order chi connectivity index (χ1) is 13.3. The molecule has 7 heteroatoms. The number of benzene rings is 1. The van der Waals surface area contributed by atoms with Crippen molar-refractivity contribution in [2.45, 2.75) is 19.9 Å². The number of aliphatic imine (C=N–C) groups is 1. The second-order valence-electron chi connectivity index (χ2n) is 6.44. The highest BCUT2D eigenvalue weighted by molar-refractivity contribution is 7.13. The second kappa shape index (κ2) is 11.0. The van der Waals surface area contributed by atoms with Crippen LogP contribution in [0, 0.1) is 0 Å². The maximum Gasteiger partial charge on any atom is 0.191 e. The summed E-state index contributed by atoms with van der Waals surface area (Å²) < 4.78 is 5.39. The lowest BCUT2D eigenvalue weighted by molar-refractivity contribution is 0.0376. The maximum atomic E-state index is 5.39. The van der Waals surface area contributed by atoms with Crippen LogP contribution in [0.4, 0.5) is 0 Å². The summed E-state index contributed by atoms with van der Waals surface area (Å²) in [5.41, 5.74) is 2.16. The van der Waals surface area contributed by atoms with E-state index in [0.29, 0.717) is 6.54 Å². The van der Waals surface area contributed by atoms with Gasteiger partial charge in [0.25, 0.3) is 0 Å². The molecule has 0 bridgehead atoms. The van der Waals surface area contributed by atoms with E-state index >= 15 is 0 Å². The first kappa shape index (κ1) is 19.8. The summed E-state index contributed by atoms with van der Waals surface area (Å²) >= 11 is 1.67. The number of aromatic nitrogens is 1. The molecule has 2 heterocycles. The van der Waals surface area contributed by atoms with Gasteiger partial charge in [-0.2, -0.15) is 0 Å². The average Bonchev–Trinajstić information content (AvgIpc) is 3.20. The van der Waals surface area contributed by atoms with E-state index in [1.54, 1.807) is 11.3 Å². The van der Waals surface area contributed by atoms with Crippen LogP contribution < -0.4 is 10.6 Å². The Morgan fingerprint density at radius 3 is 2.81 bits per heavy atom. The van der Waals surface area contributed by atoms with Crippen molar-refractivity contribution in [2.24, 2.45) is 4.99 Å². The summed E-state index contributed by atoms with van der Waals surface area (Å²) in [6.07, 6.45) is 1.10. The summed E-state index contributed by atoms with van der Waals surface area (Å²) in [4.78, 5) is 11.8. The van der Waals surface area contributed by atoms with Crippen LogP contribution in [0.5, 0.6) is 0 Å². The number of ether oxygens (including phenoxy) is 1. The molecule has 0 amide bonds. The summed E-state index contributed by atoms with van der Waals surface area (Å²) in [5.74, 6) is 0.855. The van der Waals surface area contributed by atoms with E-state index in [9.17, 15) is 0 Å². The van der Waals surface area contributed by atoms with Gasteiger partial charge in [0, 0.05) is 37.1 Å². The van der Waals surface area contributed by atoms with E-state index in [2.05, 4.69) is 45.0 Å². The number of hydrogen-bond donors (Lipinski definition) is 2. The van der Waals surface area contributed by atoms with Crippen molar-refractivity contribution >= 4 is 17.3 Å². The van der Waals surface area contributed by atoms with Gasteiger partial charge >= 0.3 is 0 Å². The predicted molar refractivity (Wildman–Crippen MR) is 112 cm³/mol. The largest absolute Gasteiger partial charge is 0.379 e. The lowest BCUT2D eigenvalue weighted by Gasteiger charge is -2.26. The summed E-state index contributed by atoms with van der Waals surface area (Å²) in [7, 11) is 0. The molecule has 0 aliphatic carbocycles. The number of thiazole rings is 1. The van der Waals surface area contributed by atoms with E-state index in [0.717, 1.165) is 74.6 Å². The lowest BCUT2D eigenvalue weighted by atomic mass is 10.2. The Hall–Kier alpha value is -1.96. The zero-order valence-electron chi connectivity index (χ0n) is 16.0. The number of hydrogen-bond acceptors (Lipinski definition) is 5. The molecule has 1 saturated heterocycles. The molecular weight excluding hydrogens is 358 g/mol. The summed E-state index contributed by atoms with van der Waals surface area (Å²) in [6.45, 7) is 9.33. The molecular formula is C20H29N5OS. The van der Waals surface area contributed by atoms with E-state index in [1.165, 1.54) is 0 Å². The molecule has 1 aromatic carbocycles. The Kier molecular flexibility index (Phi) is 8.07. The Balaban J connectivity index is 1.46. The van der Waals surface area contributed by atoms with Gasteiger partial charge in [-0.05, 0) is 19.9 Å². The number of nitrogens with one attached hydrogen (secondary N) is 2. The fourth-order valence-corrected chi connectivity index (χ4v) is 3.75. The minimum Gasteiger partial charge on any atom is -0.379 e. The lowest BCUT2D eigenvalue weighted by Crippen LogP contribution is -2.40. The standard InChI is InChI=1S/C20H29N5OS/c1-2-21-20(22-9-6-10-25-11-13-26-14-12-25)23-15-18-16-27-19(24-18)17-7-4-3-5-8-17/h3-5,7-8,16H,2,6,9-15H2,1H3,(H2,21,22,23). The molecule has 0 unspecified atom stereocenters. The Bertz CT molecular complexity index is 697. The Morgan fingerprint density at radius 1 is 1.22 bits per heavy atom. The molecule has 1 aromatic heterocycles. The van der Waals surface area contributed by atoms with Crippen molar-refractivity contribution in [1.29, 1.82) is 0 Å². The normalized spacial score (nSPS) is 15.7. The number of morpholine rings is 1. The molecule has 1 aliphatic rings. The van der Waals surface area contributed by atoms with Crippen LogP contribution in [0.3, 0.4) is 0 Å². The van der Waals surface area contributed by atoms with Crippen molar-refractivity contribution in [1.82, 2.24) is 20.5 Å². The van der Waals surface area contributed by atoms with E-state index in [4.69, 9.17) is 9.72 Å². The highest BCUT2D eigenvalue weighted by Crippen LogP contribution is 2.23. The smallest absolute Gasteiger partial charge is 0.191 e. The van der Waals surface area contributed by atoms with Gasteiger partial charge in [0.15, 0.2) is 5.96 Å². The zero-order chi connectivity index (χ0) is 18.7. The van der Waals surface area contributed by atoms with Gasteiger partial charge in [0.05, 0.1) is 25.5 Å². The Labute approximate surface area is 165 Å². The third kappa shape index (κ3) is 6.61. The fourth-order valence-electron chi connectivity index (χ4n) is 2.93. The predicted octanol–water partition coefficient (Wildman–Crippen LogP) is 2.59. The van der Waals surface area contributed by atoms with Crippen LogP contribution in [-0.2, 0) is 11.3 Å². The van der Waals surface area contributed by atoms with Gasteiger partial charge in [-0.25, -0.2) is 9.98 Å². The molecule has 0 radical (unpaired) electrons. The third-order valence-electron chi connectivity index (χ3n) is 4.36. The first-order valence-electron chi connectivity index (χ1n) is 9.67. The molecule has 0 atom stereocenters. The minimum absolute atomic E-state index is 0.585. The van der Waals surface area contributed by atoms with E-state index in [1.807, 2.05) is 18.2 Å². The van der Waals surface area contributed by atoms with Crippen LogP contribution in [0.25, 0.3) is 10.6 Å². The second-order valence-corrected chi connectivity index (χ2v) is 7.30. The molecule has 1 aliphatic heterocycles. The van der Waals surface area contributed by atoms with Crippen molar-refractivity contribution in [3.63, 3.8) is 0 Å². The first-order valence-corrected chi connectivity index (χ1v) is 10.5. The highest BCUT2D eigenvalue weighted by Gasteiger charge is 2.09. The number of nitrogens with zero attached hydrogens (tertiary/aromatic N) is 3. The van der Waals surface area contributed by atoms with E-state index < -0.39 is 0 Å². The monoisotopic (exact) mass is 387 g/mol. The molecule has 2 aromatic rings. The van der Waals surface area contributed by atoms with Crippen LogP contribution >= 0.6 is 11.3 Å². The molecule has 0 spiro atoms. The molecule has 2 N–H and O–H groups in total. The van der Waals surface area contributed by atoms with Gasteiger partial charge in [-0.1, -0.05) is 30.3 Å². The molecule has 1 fully saturated rings. The minimum atomic E-state index is 0.585. The topological polar surface area (TPSA) is 61.8 Å². The molecule has 0 saturated carbocycles. The van der Waals surface area contributed by atoms with Crippen LogP contribution in [0.2, 0.25) is 0 Å². The number of guanidine groups is 1. The summed E-state index contributed by atoms with van der Waals surface area (Å²) in [6, 6.07) is 10.3. The molecule has 3 rings (SSSR count). The third-order valence-corrected chi connectivity index (χ3v) is 5.30. The van der Waals surface area contributed by atoms with Gasteiger partial charge in [-0.3, -0.25) is 4.90 Å². The van der Waals surface area contributed by atoms with Crippen molar-refractivity contribution in [3.05, 3.63) is 41.4 Å². The Morgan fingerprint density at radius 2 is 2.04 bits per heavy atom. The molecule has 6 nitrogen and oxygen atoms in total. The van der Waals surface area contributed by atoms with Crippen LogP contribution in [-0.4, -0.2) is 61.8 Å². The zero-order valence-corrected chi connectivity index (χ0v) is 16.8. The van der Waals surface area contributed by atoms with Crippen LogP contribution in [0.1, 0.15) is 19.0 Å². The maximum absolute atomic E-state index is 5.39. The highest BCUT2D eigenvalue weighted by atomic mass is 32.1. The average molecular weight is 388 g/mol. The van der Waals surface area contributed by atoms with Crippen molar-refractivity contribution < 1.29 is 4.74 Å².